The van der Waals surface area contributed by atoms with E-state index in [0.29, 0.717) is 5.92 Å². The van der Waals surface area contributed by atoms with Crippen LogP contribution in [0.15, 0.2) is 12.1 Å². The number of carbonyl (C=O) groups excluding carboxylic acids is 1. The van der Waals surface area contributed by atoms with E-state index in [4.69, 9.17) is 4.74 Å². The zero-order chi connectivity index (χ0) is 14.1. The lowest BCUT2D eigenvalue weighted by molar-refractivity contribution is -0.120. The number of nitrogens with one attached hydrogen (secondary N) is 1. The van der Waals surface area contributed by atoms with Crippen molar-refractivity contribution in [1.82, 2.24) is 0 Å². The summed E-state index contributed by atoms with van der Waals surface area (Å²) in [4.78, 5) is 12.2. The molecule has 0 aromatic heterocycles. The second kappa shape index (κ2) is 5.47. The highest BCUT2D eigenvalue weighted by molar-refractivity contribution is 5.94. The van der Waals surface area contributed by atoms with E-state index in [1.165, 1.54) is 11.1 Å². The maximum atomic E-state index is 12.2. The van der Waals surface area contributed by atoms with Crippen molar-refractivity contribution in [1.29, 1.82) is 0 Å². The Morgan fingerprint density at radius 1 is 1.25 bits per heavy atom. The number of hydrogen-bond acceptors (Lipinski definition) is 2. The molecule has 2 atom stereocenters. The summed E-state index contributed by atoms with van der Waals surface area (Å²) in [5.74, 6) is 1.94. The van der Waals surface area contributed by atoms with E-state index in [9.17, 15) is 4.79 Å². The second-order valence-electron chi connectivity index (χ2n) is 6.21. The third kappa shape index (κ3) is 2.54. The molecule has 2 heterocycles. The Morgan fingerprint density at radius 2 is 2.05 bits per heavy atom. The van der Waals surface area contributed by atoms with Crippen LogP contribution in [0.4, 0.5) is 5.69 Å². The van der Waals surface area contributed by atoms with Gasteiger partial charge < -0.3 is 10.1 Å². The number of carbonyl (C=O) groups is 1. The number of benzene rings is 1. The third-order valence-corrected chi connectivity index (χ3v) is 4.60. The van der Waals surface area contributed by atoms with Crippen LogP contribution in [-0.4, -0.2) is 12.5 Å². The molecule has 2 unspecified atom stereocenters. The van der Waals surface area contributed by atoms with Gasteiger partial charge in [-0.3, -0.25) is 4.79 Å². The Balaban J connectivity index is 1.93. The molecule has 3 heteroatoms. The number of amides is 1. The molecule has 3 nitrogen and oxygen atoms in total. The lowest BCUT2D eigenvalue weighted by atomic mass is 9.96. The summed E-state index contributed by atoms with van der Waals surface area (Å²) in [5, 5.41) is 3.11. The van der Waals surface area contributed by atoms with Gasteiger partial charge in [0.25, 0.3) is 0 Å². The Hall–Kier alpha value is -1.51. The van der Waals surface area contributed by atoms with Gasteiger partial charge in [-0.2, -0.15) is 0 Å². The average molecular weight is 273 g/mol. The van der Waals surface area contributed by atoms with Crippen LogP contribution in [0.1, 0.15) is 44.2 Å². The summed E-state index contributed by atoms with van der Waals surface area (Å²) in [5.41, 5.74) is 3.47. The van der Waals surface area contributed by atoms with Crippen LogP contribution in [0.2, 0.25) is 0 Å². The fourth-order valence-corrected chi connectivity index (χ4v) is 3.12. The van der Waals surface area contributed by atoms with Crippen LogP contribution in [0.3, 0.4) is 0 Å². The Labute approximate surface area is 120 Å². The standard InChI is InChI=1S/C17H23NO2/c1-3-12-6-7-13-9-16-14(5-4-11(2)10-20-16)8-15(13)18-17(12)19/h8-9,11-12H,3-7,10H2,1-2H3,(H,18,19). The molecule has 0 aliphatic carbocycles. The molecule has 0 radical (unpaired) electrons. The molecule has 2 aliphatic rings. The van der Waals surface area contributed by atoms with Gasteiger partial charge in [0, 0.05) is 11.6 Å². The molecule has 0 bridgehead atoms. The number of fused-ring (bicyclic) bond motifs is 2. The zero-order valence-electron chi connectivity index (χ0n) is 12.4. The molecule has 20 heavy (non-hydrogen) atoms. The van der Waals surface area contributed by atoms with Gasteiger partial charge in [0.1, 0.15) is 5.75 Å². The molecule has 108 valence electrons. The Morgan fingerprint density at radius 3 is 2.85 bits per heavy atom. The molecule has 0 spiro atoms. The third-order valence-electron chi connectivity index (χ3n) is 4.60. The van der Waals surface area contributed by atoms with Gasteiger partial charge in [-0.25, -0.2) is 0 Å². The zero-order valence-corrected chi connectivity index (χ0v) is 12.4. The van der Waals surface area contributed by atoms with Gasteiger partial charge >= 0.3 is 0 Å². The van der Waals surface area contributed by atoms with Crippen molar-refractivity contribution < 1.29 is 9.53 Å². The van der Waals surface area contributed by atoms with Crippen molar-refractivity contribution in [2.24, 2.45) is 11.8 Å². The van der Waals surface area contributed by atoms with Crippen molar-refractivity contribution in [2.75, 3.05) is 11.9 Å². The van der Waals surface area contributed by atoms with E-state index in [-0.39, 0.29) is 11.8 Å². The number of ether oxygens (including phenoxy) is 1. The Kier molecular flexibility index (Phi) is 3.68. The summed E-state index contributed by atoms with van der Waals surface area (Å²) in [6, 6.07) is 4.29. The molecule has 0 fully saturated rings. The lowest BCUT2D eigenvalue weighted by Crippen LogP contribution is -2.20. The summed E-state index contributed by atoms with van der Waals surface area (Å²) >= 11 is 0. The van der Waals surface area contributed by atoms with Crippen LogP contribution in [0, 0.1) is 11.8 Å². The minimum atomic E-state index is 0.142. The van der Waals surface area contributed by atoms with Gasteiger partial charge in [0.05, 0.1) is 6.61 Å². The highest BCUT2D eigenvalue weighted by Crippen LogP contribution is 2.34. The van der Waals surface area contributed by atoms with Gasteiger partial charge in [-0.05, 0) is 61.3 Å². The predicted molar refractivity (Wildman–Crippen MR) is 80.2 cm³/mol. The topological polar surface area (TPSA) is 38.3 Å². The maximum Gasteiger partial charge on any atom is 0.227 e. The minimum absolute atomic E-state index is 0.142. The fourth-order valence-electron chi connectivity index (χ4n) is 3.12. The molecule has 1 amide bonds. The van der Waals surface area contributed by atoms with Gasteiger partial charge in [0.15, 0.2) is 0 Å². The van der Waals surface area contributed by atoms with Crippen molar-refractivity contribution in [2.45, 2.75) is 46.0 Å². The summed E-state index contributed by atoms with van der Waals surface area (Å²) in [6.07, 6.45) is 4.99. The van der Waals surface area contributed by atoms with E-state index in [1.54, 1.807) is 0 Å². The first kappa shape index (κ1) is 13.5. The molecule has 1 aromatic carbocycles. The van der Waals surface area contributed by atoms with Gasteiger partial charge in [-0.1, -0.05) is 13.8 Å². The average Bonchev–Trinajstić information content (AvgIpc) is 2.70. The summed E-state index contributed by atoms with van der Waals surface area (Å²) in [6.45, 7) is 5.11. The normalized spacial score (nSPS) is 25.6. The smallest absolute Gasteiger partial charge is 0.227 e. The Bertz CT molecular complexity index is 524. The molecule has 0 saturated carbocycles. The first-order valence-electron chi connectivity index (χ1n) is 7.76. The van der Waals surface area contributed by atoms with Crippen molar-refractivity contribution in [3.8, 4) is 5.75 Å². The van der Waals surface area contributed by atoms with Gasteiger partial charge in [-0.15, -0.1) is 0 Å². The lowest BCUT2D eigenvalue weighted by Gasteiger charge is -2.13. The first-order valence-corrected chi connectivity index (χ1v) is 7.76. The predicted octanol–water partition coefficient (Wildman–Crippen LogP) is 3.56. The maximum absolute atomic E-state index is 12.2. The van der Waals surface area contributed by atoms with E-state index >= 15 is 0 Å². The fraction of sp³-hybridized carbons (Fsp3) is 0.588. The molecular weight excluding hydrogens is 250 g/mol. The molecule has 1 N–H and O–H groups in total. The molecular formula is C17H23NO2. The van der Waals surface area contributed by atoms with Crippen LogP contribution < -0.4 is 10.1 Å². The van der Waals surface area contributed by atoms with Crippen LogP contribution in [0.5, 0.6) is 5.75 Å². The van der Waals surface area contributed by atoms with Gasteiger partial charge in [0.2, 0.25) is 5.91 Å². The minimum Gasteiger partial charge on any atom is -0.493 e. The SMILES string of the molecule is CCC1CCc2cc3c(cc2NC1=O)CCC(C)CO3. The molecule has 1 aromatic rings. The van der Waals surface area contributed by atoms with E-state index in [1.807, 2.05) is 0 Å². The quantitative estimate of drug-likeness (QED) is 0.849. The monoisotopic (exact) mass is 273 g/mol. The summed E-state index contributed by atoms with van der Waals surface area (Å²) in [7, 11) is 0. The number of rotatable bonds is 1. The highest BCUT2D eigenvalue weighted by atomic mass is 16.5. The summed E-state index contributed by atoms with van der Waals surface area (Å²) < 4.78 is 5.93. The van der Waals surface area contributed by atoms with Crippen LogP contribution >= 0.6 is 0 Å². The van der Waals surface area contributed by atoms with Crippen molar-refractivity contribution in [3.63, 3.8) is 0 Å². The number of aryl methyl sites for hydroxylation is 2. The second-order valence-corrected chi connectivity index (χ2v) is 6.21. The molecule has 3 rings (SSSR count). The first-order chi connectivity index (χ1) is 9.67. The van der Waals surface area contributed by atoms with E-state index in [2.05, 4.69) is 31.3 Å². The number of hydrogen-bond donors (Lipinski definition) is 1. The number of anilines is 1. The van der Waals surface area contributed by atoms with E-state index < -0.39 is 0 Å². The van der Waals surface area contributed by atoms with Crippen molar-refractivity contribution >= 4 is 11.6 Å². The van der Waals surface area contributed by atoms with Crippen LogP contribution in [-0.2, 0) is 17.6 Å². The molecule has 0 saturated heterocycles. The van der Waals surface area contributed by atoms with Crippen LogP contribution in [0.25, 0.3) is 0 Å². The van der Waals surface area contributed by atoms with E-state index in [0.717, 1.165) is 50.1 Å². The molecule has 2 aliphatic heterocycles. The largest absolute Gasteiger partial charge is 0.493 e. The van der Waals surface area contributed by atoms with Crippen molar-refractivity contribution in [3.05, 3.63) is 23.3 Å². The highest BCUT2D eigenvalue weighted by Gasteiger charge is 2.24.